The lowest BCUT2D eigenvalue weighted by molar-refractivity contribution is -0.139. The molecule has 1 aliphatic carbocycles. The molecular weight excluding hydrogens is 746 g/mol. The second kappa shape index (κ2) is 16.7. The minimum atomic E-state index is -1.23. The SMILES string of the molecule is N#Cc1ccc(OC2CCC(NC(=O)c3ccc(N4CCC(CN5CCN(c6ccc7c(c6)C(O)N(C6CCC(=O)NC6=O)C7=O)CC5)CC4)cc3)CC2)cc1Cl. The van der Waals surface area contributed by atoms with E-state index in [2.05, 4.69) is 43.5 Å². The molecule has 4 amide bonds. The summed E-state index contributed by atoms with van der Waals surface area (Å²) in [5.41, 5.74) is 4.08. The Morgan fingerprint density at radius 3 is 2.25 bits per heavy atom. The minimum Gasteiger partial charge on any atom is -0.490 e. The number of aliphatic hydroxyl groups is 1. The number of halogens is 1. The summed E-state index contributed by atoms with van der Waals surface area (Å²) in [5.74, 6) is -0.0771. The van der Waals surface area contributed by atoms with Crippen LogP contribution in [0.15, 0.2) is 60.7 Å². The molecule has 0 bridgehead atoms. The maximum atomic E-state index is 13.2. The van der Waals surface area contributed by atoms with Gasteiger partial charge in [0.1, 0.15) is 17.9 Å². The van der Waals surface area contributed by atoms with Crippen molar-refractivity contribution < 1.29 is 29.0 Å². The summed E-state index contributed by atoms with van der Waals surface area (Å²) in [4.78, 5) is 58.8. The van der Waals surface area contributed by atoms with Crippen LogP contribution in [0.5, 0.6) is 5.75 Å². The first kappa shape index (κ1) is 38.7. The first-order valence-electron chi connectivity index (χ1n) is 20.1. The van der Waals surface area contributed by atoms with E-state index < -0.39 is 18.2 Å². The van der Waals surface area contributed by atoms with Crippen molar-refractivity contribution >= 4 is 46.6 Å². The largest absolute Gasteiger partial charge is 0.490 e. The van der Waals surface area contributed by atoms with Gasteiger partial charge in [-0.1, -0.05) is 11.6 Å². The number of nitrogens with one attached hydrogen (secondary N) is 2. The van der Waals surface area contributed by atoms with Gasteiger partial charge in [-0.2, -0.15) is 5.26 Å². The predicted molar refractivity (Wildman–Crippen MR) is 214 cm³/mol. The van der Waals surface area contributed by atoms with E-state index in [-0.39, 0.29) is 42.7 Å². The maximum absolute atomic E-state index is 13.2. The van der Waals surface area contributed by atoms with Gasteiger partial charge in [-0.15, -0.1) is 0 Å². The Hall–Kier alpha value is -5.16. The molecule has 13 nitrogen and oxygen atoms in total. The monoisotopic (exact) mass is 793 g/mol. The number of hydrogen-bond acceptors (Lipinski definition) is 10. The van der Waals surface area contributed by atoms with Gasteiger partial charge in [-0.3, -0.25) is 34.3 Å². The van der Waals surface area contributed by atoms with Gasteiger partial charge in [0, 0.05) is 92.4 Å². The molecule has 5 aliphatic rings. The van der Waals surface area contributed by atoms with Crippen LogP contribution in [0.3, 0.4) is 0 Å². The van der Waals surface area contributed by atoms with E-state index >= 15 is 0 Å². The maximum Gasteiger partial charge on any atom is 0.257 e. The Balaban J connectivity index is 0.752. The number of hydrogen-bond donors (Lipinski definition) is 3. The first-order chi connectivity index (χ1) is 27.6. The average molecular weight is 794 g/mol. The summed E-state index contributed by atoms with van der Waals surface area (Å²) in [6.45, 7) is 6.52. The van der Waals surface area contributed by atoms with E-state index in [1.165, 1.54) is 4.90 Å². The Labute approximate surface area is 337 Å². The van der Waals surface area contributed by atoms with Crippen LogP contribution in [-0.2, 0) is 9.59 Å². The van der Waals surface area contributed by atoms with Crippen LogP contribution in [0.4, 0.5) is 11.4 Å². The molecule has 3 aromatic rings. The second-order valence-electron chi connectivity index (χ2n) is 15.9. The molecule has 298 valence electrons. The molecule has 4 fully saturated rings. The van der Waals surface area contributed by atoms with Crippen molar-refractivity contribution in [3.05, 3.63) is 87.9 Å². The standard InChI is InChI=1S/C43H48ClN7O6/c44-37-24-34(9-3-29(37)25-45)57-33-10-4-30(5-11-33)46-40(53)28-1-6-31(7-2-28)49-17-15-27(16-18-49)26-48-19-21-50(22-20-48)32-8-12-35-36(23-32)43(56)51(42(35)55)38-13-14-39(52)47-41(38)54/h1-3,6-9,12,23-24,27,30,33,38,43,56H,4-5,10-11,13-22,26H2,(H,46,53)(H,47,52,54). The molecule has 0 aromatic heterocycles. The topological polar surface area (TPSA) is 159 Å². The van der Waals surface area contributed by atoms with Crippen molar-refractivity contribution in [3.8, 4) is 11.8 Å². The third kappa shape index (κ3) is 8.44. The van der Waals surface area contributed by atoms with Crippen molar-refractivity contribution in [2.24, 2.45) is 5.92 Å². The molecule has 3 aromatic carbocycles. The van der Waals surface area contributed by atoms with Crippen LogP contribution in [0, 0.1) is 17.2 Å². The third-order valence-electron chi connectivity index (χ3n) is 12.3. The van der Waals surface area contributed by atoms with E-state index in [1.54, 1.807) is 24.3 Å². The normalized spacial score (nSPS) is 24.5. The summed E-state index contributed by atoms with van der Waals surface area (Å²) >= 11 is 6.16. The quantitative estimate of drug-likeness (QED) is 0.261. The van der Waals surface area contributed by atoms with E-state index in [0.717, 1.165) is 95.7 Å². The van der Waals surface area contributed by atoms with Crippen LogP contribution in [0.25, 0.3) is 0 Å². The number of nitrogens with zero attached hydrogens (tertiary/aromatic N) is 5. The Kier molecular flexibility index (Phi) is 11.4. The number of carbonyl (C=O) groups is 4. The van der Waals surface area contributed by atoms with Gasteiger partial charge in [0.15, 0.2) is 6.23 Å². The van der Waals surface area contributed by atoms with Crippen molar-refractivity contribution in [1.82, 2.24) is 20.4 Å². The lowest BCUT2D eigenvalue weighted by Gasteiger charge is -2.40. The number of fused-ring (bicyclic) bond motifs is 1. The number of nitriles is 1. The summed E-state index contributed by atoms with van der Waals surface area (Å²) < 4.78 is 6.10. The van der Waals surface area contributed by atoms with Gasteiger partial charge in [-0.25, -0.2) is 0 Å². The number of carbonyl (C=O) groups excluding carboxylic acids is 4. The zero-order chi connectivity index (χ0) is 39.6. The Morgan fingerprint density at radius 2 is 1.56 bits per heavy atom. The van der Waals surface area contributed by atoms with Gasteiger partial charge < -0.3 is 25.0 Å². The second-order valence-corrected chi connectivity index (χ2v) is 16.3. The van der Waals surface area contributed by atoms with Crippen molar-refractivity contribution in [3.63, 3.8) is 0 Å². The molecule has 3 N–H and O–H groups in total. The molecule has 1 saturated carbocycles. The average Bonchev–Trinajstić information content (AvgIpc) is 3.47. The van der Waals surface area contributed by atoms with E-state index in [0.29, 0.717) is 38.9 Å². The summed E-state index contributed by atoms with van der Waals surface area (Å²) in [6.07, 6.45) is 4.69. The molecule has 2 atom stereocenters. The fourth-order valence-electron chi connectivity index (χ4n) is 9.01. The van der Waals surface area contributed by atoms with Gasteiger partial charge in [0.25, 0.3) is 11.8 Å². The van der Waals surface area contributed by atoms with Crippen molar-refractivity contribution in [2.75, 3.05) is 55.6 Å². The predicted octanol–water partition coefficient (Wildman–Crippen LogP) is 4.62. The van der Waals surface area contributed by atoms with Crippen molar-refractivity contribution in [2.45, 2.75) is 75.8 Å². The van der Waals surface area contributed by atoms with Crippen LogP contribution in [0.2, 0.25) is 5.02 Å². The molecule has 14 heteroatoms. The number of imide groups is 1. The summed E-state index contributed by atoms with van der Waals surface area (Å²) in [6, 6.07) is 19.9. The minimum absolute atomic E-state index is 0.0486. The molecule has 0 spiro atoms. The molecular formula is C43H48ClN7O6. The Bertz CT molecular complexity index is 2050. The molecule has 8 rings (SSSR count). The van der Waals surface area contributed by atoms with E-state index in [9.17, 15) is 24.3 Å². The number of ether oxygens (including phenoxy) is 1. The number of anilines is 2. The van der Waals surface area contributed by atoms with Crippen molar-refractivity contribution in [1.29, 1.82) is 5.26 Å². The highest BCUT2D eigenvalue weighted by molar-refractivity contribution is 6.31. The highest BCUT2D eigenvalue weighted by Gasteiger charge is 2.44. The molecule has 57 heavy (non-hydrogen) atoms. The highest BCUT2D eigenvalue weighted by Crippen LogP contribution is 2.38. The molecule has 4 heterocycles. The molecule has 4 aliphatic heterocycles. The first-order valence-corrected chi connectivity index (χ1v) is 20.5. The number of amides is 4. The van der Waals surface area contributed by atoms with Gasteiger partial charge >= 0.3 is 0 Å². The van der Waals surface area contributed by atoms with E-state index in [1.807, 2.05) is 24.3 Å². The summed E-state index contributed by atoms with van der Waals surface area (Å²) in [7, 11) is 0. The van der Waals surface area contributed by atoms with Crippen LogP contribution in [0.1, 0.15) is 89.4 Å². The molecule has 0 radical (unpaired) electrons. The lowest BCUT2D eigenvalue weighted by Crippen LogP contribution is -2.53. The number of rotatable bonds is 9. The third-order valence-corrected chi connectivity index (χ3v) is 12.6. The van der Waals surface area contributed by atoms with Gasteiger partial charge in [0.05, 0.1) is 16.7 Å². The lowest BCUT2D eigenvalue weighted by atomic mass is 9.92. The highest BCUT2D eigenvalue weighted by atomic mass is 35.5. The zero-order valence-corrected chi connectivity index (χ0v) is 32.6. The summed E-state index contributed by atoms with van der Waals surface area (Å²) in [5, 5.41) is 26.1. The smallest absolute Gasteiger partial charge is 0.257 e. The van der Waals surface area contributed by atoms with E-state index in [4.69, 9.17) is 21.6 Å². The van der Waals surface area contributed by atoms with Gasteiger partial charge in [0.2, 0.25) is 11.8 Å². The molecule has 3 saturated heterocycles. The van der Waals surface area contributed by atoms with Gasteiger partial charge in [-0.05, 0) is 105 Å². The van der Waals surface area contributed by atoms with Crippen LogP contribution < -0.4 is 25.2 Å². The number of piperazine rings is 1. The fourth-order valence-corrected chi connectivity index (χ4v) is 9.22. The van der Waals surface area contributed by atoms with Crippen LogP contribution in [-0.4, -0.2) is 103 Å². The van der Waals surface area contributed by atoms with Crippen LogP contribution >= 0.6 is 11.6 Å². The zero-order valence-electron chi connectivity index (χ0n) is 31.9. The number of piperidine rings is 2. The molecule has 2 unspecified atom stereocenters. The number of benzene rings is 3. The number of aliphatic hydroxyl groups excluding tert-OH is 1. The fraction of sp³-hybridized carbons (Fsp3) is 0.465. The Morgan fingerprint density at radius 1 is 0.860 bits per heavy atom.